The zero-order chi connectivity index (χ0) is 16.4. The van der Waals surface area contributed by atoms with E-state index >= 15 is 0 Å². The topological polar surface area (TPSA) is 79.5 Å². The van der Waals surface area contributed by atoms with Crippen LogP contribution < -0.4 is 9.47 Å². The van der Waals surface area contributed by atoms with E-state index in [1.807, 2.05) is 18.2 Å². The maximum atomic E-state index is 11.1. The summed E-state index contributed by atoms with van der Waals surface area (Å²) in [7, 11) is 1.60. The molecule has 0 bridgehead atoms. The lowest BCUT2D eigenvalue weighted by atomic mass is 9.67. The molecule has 0 saturated heterocycles. The quantitative estimate of drug-likeness (QED) is 0.902. The molecule has 23 heavy (non-hydrogen) atoms. The van der Waals surface area contributed by atoms with Crippen molar-refractivity contribution in [2.24, 2.45) is 5.92 Å². The smallest absolute Gasteiger partial charge is 0.306 e. The molecule has 0 heterocycles. The first-order valence-electron chi connectivity index (χ1n) is 8.07. The lowest BCUT2D eigenvalue weighted by Crippen LogP contribution is -2.32. The third-order valence-electron chi connectivity index (χ3n) is 4.94. The minimum atomic E-state index is -0.760. The van der Waals surface area contributed by atoms with Crippen molar-refractivity contribution in [3.63, 3.8) is 0 Å². The van der Waals surface area contributed by atoms with Crippen LogP contribution in [0.5, 0.6) is 11.5 Å². The van der Waals surface area contributed by atoms with Crippen LogP contribution in [0.2, 0.25) is 0 Å². The molecule has 0 unspecified atom stereocenters. The second-order valence-corrected chi connectivity index (χ2v) is 6.49. The van der Waals surface area contributed by atoms with Crippen molar-refractivity contribution in [2.45, 2.75) is 50.0 Å². The molecule has 1 N–H and O–H groups in total. The van der Waals surface area contributed by atoms with Gasteiger partial charge in [-0.2, -0.15) is 5.26 Å². The number of carboxylic acid groups (broad SMARTS) is 1. The van der Waals surface area contributed by atoms with Gasteiger partial charge in [0.15, 0.2) is 11.5 Å². The molecule has 5 heteroatoms. The Morgan fingerprint density at radius 3 is 2.48 bits per heavy atom. The van der Waals surface area contributed by atoms with Gasteiger partial charge in [0.1, 0.15) is 0 Å². The summed E-state index contributed by atoms with van der Waals surface area (Å²) in [6.07, 6.45) is 4.56. The number of rotatable bonds is 5. The van der Waals surface area contributed by atoms with Crippen molar-refractivity contribution in [3.05, 3.63) is 23.8 Å². The lowest BCUT2D eigenvalue weighted by molar-refractivity contribution is -0.143. The molecule has 1 aromatic carbocycles. The monoisotopic (exact) mass is 315 g/mol. The summed E-state index contributed by atoms with van der Waals surface area (Å²) < 4.78 is 11.2. The Labute approximate surface area is 135 Å². The van der Waals surface area contributed by atoms with Crippen LogP contribution in [0.15, 0.2) is 18.2 Å². The zero-order valence-electron chi connectivity index (χ0n) is 13.2. The van der Waals surface area contributed by atoms with Gasteiger partial charge in [-0.3, -0.25) is 4.79 Å². The Hall–Kier alpha value is -2.22. The minimum Gasteiger partial charge on any atom is -0.493 e. The highest BCUT2D eigenvalue weighted by Gasteiger charge is 2.39. The van der Waals surface area contributed by atoms with Gasteiger partial charge in [-0.1, -0.05) is 6.07 Å². The molecule has 2 aliphatic carbocycles. The van der Waals surface area contributed by atoms with Crippen LogP contribution >= 0.6 is 0 Å². The van der Waals surface area contributed by atoms with Crippen LogP contribution in [-0.2, 0) is 10.2 Å². The van der Waals surface area contributed by atoms with E-state index in [0.717, 1.165) is 18.4 Å². The number of nitriles is 1. The molecule has 0 spiro atoms. The summed E-state index contributed by atoms with van der Waals surface area (Å²) in [5, 5.41) is 18.9. The van der Waals surface area contributed by atoms with Crippen molar-refractivity contribution in [3.8, 4) is 17.6 Å². The molecule has 0 atom stereocenters. The van der Waals surface area contributed by atoms with Crippen LogP contribution in [0, 0.1) is 17.2 Å². The number of hydrogen-bond donors (Lipinski definition) is 1. The predicted octanol–water partition coefficient (Wildman–Crippen LogP) is 3.27. The van der Waals surface area contributed by atoms with E-state index in [4.69, 9.17) is 14.6 Å². The molecule has 1 aromatic rings. The van der Waals surface area contributed by atoms with Crippen molar-refractivity contribution in [1.82, 2.24) is 0 Å². The average Bonchev–Trinajstić information content (AvgIpc) is 3.38. The molecule has 5 nitrogen and oxygen atoms in total. The van der Waals surface area contributed by atoms with Crippen LogP contribution in [0.25, 0.3) is 0 Å². The fourth-order valence-electron chi connectivity index (χ4n) is 3.25. The van der Waals surface area contributed by atoms with E-state index in [0.29, 0.717) is 37.2 Å². The number of ether oxygens (including phenoxy) is 2. The van der Waals surface area contributed by atoms with E-state index in [-0.39, 0.29) is 12.0 Å². The number of aliphatic carboxylic acids is 1. The van der Waals surface area contributed by atoms with Crippen LogP contribution in [0.3, 0.4) is 0 Å². The molecular weight excluding hydrogens is 294 g/mol. The number of methoxy groups -OCH3 is 1. The highest BCUT2D eigenvalue weighted by molar-refractivity contribution is 5.70. The summed E-state index contributed by atoms with van der Waals surface area (Å²) in [5.41, 5.74) is 0.278. The Morgan fingerprint density at radius 1 is 1.26 bits per heavy atom. The van der Waals surface area contributed by atoms with E-state index < -0.39 is 11.4 Å². The number of hydrogen-bond acceptors (Lipinski definition) is 4. The van der Waals surface area contributed by atoms with Crippen LogP contribution in [-0.4, -0.2) is 24.3 Å². The fourth-order valence-corrected chi connectivity index (χ4v) is 3.25. The molecular formula is C18H21NO4. The zero-order valence-corrected chi connectivity index (χ0v) is 13.2. The molecule has 0 amide bonds. The largest absolute Gasteiger partial charge is 0.493 e. The van der Waals surface area contributed by atoms with Crippen molar-refractivity contribution in [1.29, 1.82) is 5.26 Å². The van der Waals surface area contributed by atoms with Gasteiger partial charge in [0, 0.05) is 0 Å². The van der Waals surface area contributed by atoms with Crippen molar-refractivity contribution < 1.29 is 19.4 Å². The van der Waals surface area contributed by atoms with Gasteiger partial charge in [0.25, 0.3) is 0 Å². The molecule has 3 rings (SSSR count). The molecule has 2 aliphatic rings. The van der Waals surface area contributed by atoms with Crippen molar-refractivity contribution in [2.75, 3.05) is 7.11 Å². The van der Waals surface area contributed by atoms with Gasteiger partial charge >= 0.3 is 5.97 Å². The maximum Gasteiger partial charge on any atom is 0.306 e. The third-order valence-corrected chi connectivity index (χ3v) is 4.94. The number of carboxylic acids is 1. The molecule has 122 valence electrons. The average molecular weight is 315 g/mol. The van der Waals surface area contributed by atoms with Gasteiger partial charge < -0.3 is 14.6 Å². The summed E-state index contributed by atoms with van der Waals surface area (Å²) >= 11 is 0. The molecule has 2 saturated carbocycles. The molecule has 2 fully saturated rings. The second kappa shape index (κ2) is 6.11. The molecule has 0 radical (unpaired) electrons. The van der Waals surface area contributed by atoms with E-state index in [2.05, 4.69) is 6.07 Å². The SMILES string of the molecule is COc1ccc(C2(C#N)CCC(C(=O)O)CC2)cc1OC1CC1. The lowest BCUT2D eigenvalue weighted by Gasteiger charge is -2.34. The number of nitrogens with zero attached hydrogens (tertiary/aromatic N) is 1. The molecule has 0 aliphatic heterocycles. The van der Waals surface area contributed by atoms with Gasteiger partial charge in [-0.25, -0.2) is 0 Å². The van der Waals surface area contributed by atoms with Gasteiger partial charge in [-0.15, -0.1) is 0 Å². The van der Waals surface area contributed by atoms with Gasteiger partial charge in [0.05, 0.1) is 30.6 Å². The first-order chi connectivity index (χ1) is 11.1. The summed E-state index contributed by atoms with van der Waals surface area (Å²) in [6.45, 7) is 0. The second-order valence-electron chi connectivity index (χ2n) is 6.49. The summed E-state index contributed by atoms with van der Waals surface area (Å²) in [4.78, 5) is 11.1. The summed E-state index contributed by atoms with van der Waals surface area (Å²) in [5.74, 6) is 0.261. The van der Waals surface area contributed by atoms with E-state index in [9.17, 15) is 10.1 Å². The number of carbonyl (C=O) groups is 1. The molecule has 0 aromatic heterocycles. The maximum absolute atomic E-state index is 11.1. The van der Waals surface area contributed by atoms with E-state index in [1.54, 1.807) is 7.11 Å². The summed E-state index contributed by atoms with van der Waals surface area (Å²) in [6, 6.07) is 8.09. The highest BCUT2D eigenvalue weighted by atomic mass is 16.5. The standard InChI is InChI=1S/C18H21NO4/c1-22-15-5-2-13(10-16(15)23-14-3-4-14)18(11-19)8-6-12(7-9-18)17(20)21/h2,5,10,12,14H,3-4,6-9H2,1H3,(H,20,21). The first-order valence-corrected chi connectivity index (χ1v) is 8.07. The van der Waals surface area contributed by atoms with Gasteiger partial charge in [-0.05, 0) is 56.2 Å². The highest BCUT2D eigenvalue weighted by Crippen LogP contribution is 2.44. The number of benzene rings is 1. The van der Waals surface area contributed by atoms with Crippen LogP contribution in [0.1, 0.15) is 44.1 Å². The van der Waals surface area contributed by atoms with E-state index in [1.165, 1.54) is 0 Å². The Morgan fingerprint density at radius 2 is 1.96 bits per heavy atom. The van der Waals surface area contributed by atoms with Crippen LogP contribution in [0.4, 0.5) is 0 Å². The Kier molecular flexibility index (Phi) is 4.16. The Balaban J connectivity index is 1.86. The Bertz CT molecular complexity index is 637. The first kappa shape index (κ1) is 15.7. The normalized spacial score (nSPS) is 27.0. The third kappa shape index (κ3) is 3.12. The van der Waals surface area contributed by atoms with Crippen molar-refractivity contribution >= 4 is 5.97 Å². The van der Waals surface area contributed by atoms with Gasteiger partial charge in [0.2, 0.25) is 0 Å². The predicted molar refractivity (Wildman–Crippen MR) is 83.5 cm³/mol. The fraction of sp³-hybridized carbons (Fsp3) is 0.556. The minimum absolute atomic E-state index is 0.250.